The summed E-state index contributed by atoms with van der Waals surface area (Å²) >= 11 is 0. The monoisotopic (exact) mass is 430 g/mol. The summed E-state index contributed by atoms with van der Waals surface area (Å²) in [5, 5.41) is 3.92. The van der Waals surface area contributed by atoms with Crippen LogP contribution in [0.3, 0.4) is 0 Å². The molecule has 3 heterocycles. The lowest BCUT2D eigenvalue weighted by Gasteiger charge is -2.24. The highest BCUT2D eigenvalue weighted by molar-refractivity contribution is 5.96. The number of carbonyl (C=O) groups excluding carboxylic acids is 1. The first kappa shape index (κ1) is 19.9. The van der Waals surface area contributed by atoms with Gasteiger partial charge in [-0.3, -0.25) is 9.80 Å². The summed E-state index contributed by atoms with van der Waals surface area (Å²) in [4.78, 5) is 20.5. The molecule has 0 saturated carbocycles. The van der Waals surface area contributed by atoms with Crippen LogP contribution in [0, 0.1) is 0 Å². The molecule has 1 N–H and O–H groups in total. The Bertz CT molecular complexity index is 1140. The molecular weight excluding hydrogens is 409 g/mol. The van der Waals surface area contributed by atoms with E-state index in [1.54, 1.807) is 18.2 Å². The average molecular weight is 430 g/mol. The highest BCUT2D eigenvalue weighted by Gasteiger charge is 2.41. The number of fused-ring (bicyclic) bond motifs is 3. The minimum absolute atomic E-state index is 0.0630. The maximum atomic E-state index is 13.1. The van der Waals surface area contributed by atoms with E-state index < -0.39 is 11.7 Å². The molecule has 5 rings (SSSR count). The molecule has 2 aliphatic heterocycles. The van der Waals surface area contributed by atoms with Crippen molar-refractivity contribution in [2.45, 2.75) is 32.0 Å². The fourth-order valence-corrected chi connectivity index (χ4v) is 4.41. The Hall–Kier alpha value is -3.07. The Labute approximate surface area is 176 Å². The molecule has 2 aromatic carbocycles. The maximum absolute atomic E-state index is 13.1. The van der Waals surface area contributed by atoms with Gasteiger partial charge in [-0.15, -0.1) is 0 Å². The van der Waals surface area contributed by atoms with Crippen LogP contribution in [0.1, 0.15) is 35.7 Å². The Morgan fingerprint density at radius 1 is 1.19 bits per heavy atom. The number of halogens is 3. The number of hydrogen-bond acceptors (Lipinski definition) is 4. The van der Waals surface area contributed by atoms with Gasteiger partial charge < -0.3 is 9.72 Å². The molecule has 0 spiro atoms. The molecule has 0 atom stereocenters. The van der Waals surface area contributed by atoms with Crippen molar-refractivity contribution in [3.63, 3.8) is 0 Å². The van der Waals surface area contributed by atoms with Crippen molar-refractivity contribution in [2.75, 3.05) is 19.7 Å². The third-order valence-corrected chi connectivity index (χ3v) is 5.89. The number of alkyl halides is 3. The van der Waals surface area contributed by atoms with Gasteiger partial charge in [0.1, 0.15) is 11.6 Å². The van der Waals surface area contributed by atoms with Gasteiger partial charge in [-0.1, -0.05) is 0 Å². The van der Waals surface area contributed by atoms with Crippen LogP contribution in [0.15, 0.2) is 36.4 Å². The fraction of sp³-hybridized carbons (Fsp3) is 0.364. The average Bonchev–Trinajstić information content (AvgIpc) is 3.46. The van der Waals surface area contributed by atoms with E-state index >= 15 is 0 Å². The predicted molar refractivity (Wildman–Crippen MR) is 108 cm³/mol. The van der Waals surface area contributed by atoms with Gasteiger partial charge in [0, 0.05) is 18.7 Å². The van der Waals surface area contributed by atoms with E-state index in [4.69, 9.17) is 4.74 Å². The van der Waals surface area contributed by atoms with Gasteiger partial charge in [-0.2, -0.15) is 13.2 Å². The SMILES string of the molecule is CCOc1cc(C(=O)N2C3CCN2CC3)ccc1-c1nc2ccc(C(F)(F)F)cc2[nH]1. The van der Waals surface area contributed by atoms with Crippen molar-refractivity contribution in [3.05, 3.63) is 47.5 Å². The minimum atomic E-state index is -4.43. The molecule has 1 aromatic heterocycles. The number of imidazole rings is 1. The van der Waals surface area contributed by atoms with Crippen LogP contribution in [0.4, 0.5) is 13.2 Å². The van der Waals surface area contributed by atoms with Crippen LogP contribution in [0.5, 0.6) is 5.75 Å². The third kappa shape index (κ3) is 3.42. The topological polar surface area (TPSA) is 61.5 Å². The normalized spacial score (nSPS) is 20.6. The van der Waals surface area contributed by atoms with Crippen molar-refractivity contribution < 1.29 is 22.7 Å². The predicted octanol–water partition coefficient (Wildman–Crippen LogP) is 4.48. The molecule has 0 unspecified atom stereocenters. The number of benzene rings is 2. The molecule has 2 fully saturated rings. The van der Waals surface area contributed by atoms with Crippen LogP contribution >= 0.6 is 0 Å². The zero-order valence-electron chi connectivity index (χ0n) is 16.9. The number of amides is 1. The fourth-order valence-electron chi connectivity index (χ4n) is 4.41. The summed E-state index contributed by atoms with van der Waals surface area (Å²) in [5.74, 6) is 0.790. The molecule has 0 aliphatic carbocycles. The summed E-state index contributed by atoms with van der Waals surface area (Å²) in [5.41, 5.74) is 1.08. The number of carbonyl (C=O) groups is 1. The van der Waals surface area contributed by atoms with Crippen LogP contribution < -0.4 is 4.74 Å². The molecule has 2 bridgehead atoms. The number of ether oxygens (including phenoxy) is 1. The molecule has 2 saturated heterocycles. The first-order valence-electron chi connectivity index (χ1n) is 10.3. The van der Waals surface area contributed by atoms with Crippen molar-refractivity contribution in [1.29, 1.82) is 0 Å². The van der Waals surface area contributed by atoms with Crippen molar-refractivity contribution in [1.82, 2.24) is 20.0 Å². The first-order valence-corrected chi connectivity index (χ1v) is 10.3. The zero-order valence-corrected chi connectivity index (χ0v) is 16.9. The largest absolute Gasteiger partial charge is 0.493 e. The number of hydrazine groups is 1. The number of nitrogens with zero attached hydrogens (tertiary/aromatic N) is 3. The Balaban J connectivity index is 1.51. The number of aromatic nitrogens is 2. The maximum Gasteiger partial charge on any atom is 0.416 e. The highest BCUT2D eigenvalue weighted by Crippen LogP contribution is 2.35. The van der Waals surface area contributed by atoms with E-state index in [9.17, 15) is 18.0 Å². The minimum Gasteiger partial charge on any atom is -0.493 e. The molecule has 31 heavy (non-hydrogen) atoms. The van der Waals surface area contributed by atoms with E-state index in [1.165, 1.54) is 6.07 Å². The number of rotatable bonds is 4. The lowest BCUT2D eigenvalue weighted by Crippen LogP contribution is -2.38. The number of nitrogens with one attached hydrogen (secondary N) is 1. The van der Waals surface area contributed by atoms with Crippen LogP contribution in [0.25, 0.3) is 22.4 Å². The molecule has 9 heteroatoms. The molecule has 1 amide bonds. The van der Waals surface area contributed by atoms with Crippen LogP contribution in [-0.4, -0.2) is 51.6 Å². The highest BCUT2D eigenvalue weighted by atomic mass is 19.4. The third-order valence-electron chi connectivity index (χ3n) is 5.89. The Morgan fingerprint density at radius 2 is 1.97 bits per heavy atom. The van der Waals surface area contributed by atoms with Gasteiger partial charge in [0.15, 0.2) is 0 Å². The Morgan fingerprint density at radius 3 is 2.61 bits per heavy atom. The first-order chi connectivity index (χ1) is 14.8. The van der Waals surface area contributed by atoms with E-state index in [2.05, 4.69) is 15.0 Å². The number of H-pyrrole nitrogens is 1. The van der Waals surface area contributed by atoms with Gasteiger partial charge >= 0.3 is 6.18 Å². The second-order valence-electron chi connectivity index (χ2n) is 7.79. The molecular formula is C22H21F3N4O2. The van der Waals surface area contributed by atoms with E-state index in [1.807, 2.05) is 11.9 Å². The smallest absolute Gasteiger partial charge is 0.416 e. The number of piperidine rings is 1. The van der Waals surface area contributed by atoms with Crippen molar-refractivity contribution in [3.8, 4) is 17.1 Å². The van der Waals surface area contributed by atoms with Crippen molar-refractivity contribution in [2.24, 2.45) is 0 Å². The van der Waals surface area contributed by atoms with Gasteiger partial charge in [0.2, 0.25) is 0 Å². The lowest BCUT2D eigenvalue weighted by molar-refractivity contribution is -0.137. The molecule has 162 valence electrons. The van der Waals surface area contributed by atoms with Gasteiger partial charge in [0.25, 0.3) is 5.91 Å². The quantitative estimate of drug-likeness (QED) is 0.663. The van der Waals surface area contributed by atoms with Crippen LogP contribution in [-0.2, 0) is 6.18 Å². The Kier molecular flexibility index (Phi) is 4.65. The summed E-state index contributed by atoms with van der Waals surface area (Å²) in [6, 6.07) is 8.78. The second kappa shape index (κ2) is 7.26. The van der Waals surface area contributed by atoms with E-state index in [0.717, 1.165) is 38.1 Å². The lowest BCUT2D eigenvalue weighted by atomic mass is 10.1. The van der Waals surface area contributed by atoms with E-state index in [0.29, 0.717) is 34.8 Å². The number of aromatic amines is 1. The summed E-state index contributed by atoms with van der Waals surface area (Å²) < 4.78 is 44.8. The molecule has 3 aromatic rings. The van der Waals surface area contributed by atoms with Crippen molar-refractivity contribution >= 4 is 16.9 Å². The van der Waals surface area contributed by atoms with Gasteiger partial charge in [-0.25, -0.2) is 9.99 Å². The summed E-state index contributed by atoms with van der Waals surface area (Å²) in [6.07, 6.45) is -2.45. The number of hydrogen-bond donors (Lipinski definition) is 1. The van der Waals surface area contributed by atoms with Gasteiger partial charge in [-0.05, 0) is 56.2 Å². The zero-order chi connectivity index (χ0) is 21.8. The summed E-state index contributed by atoms with van der Waals surface area (Å²) in [6.45, 7) is 4.00. The standard InChI is InChI=1S/C22H21F3N4O2/c1-2-31-19-11-13(21(30)29-15-7-9-28(29)10-8-15)3-5-16(19)20-26-17-6-4-14(22(23,24)25)12-18(17)27-20/h3-6,11-12,15H,2,7-10H2,1H3,(H,26,27). The van der Waals surface area contributed by atoms with Gasteiger partial charge in [0.05, 0.1) is 34.8 Å². The molecule has 6 nitrogen and oxygen atoms in total. The van der Waals surface area contributed by atoms with Crippen LogP contribution in [0.2, 0.25) is 0 Å². The summed E-state index contributed by atoms with van der Waals surface area (Å²) in [7, 11) is 0. The van der Waals surface area contributed by atoms with E-state index in [-0.39, 0.29) is 17.5 Å². The second-order valence-corrected chi connectivity index (χ2v) is 7.79. The molecule has 2 aliphatic rings. The molecule has 0 radical (unpaired) electrons.